The number of fused-ring (bicyclic) bond motifs is 1. The number of carbonyl (C=O) groups is 1. The third-order valence-corrected chi connectivity index (χ3v) is 4.99. The van der Waals surface area contributed by atoms with Gasteiger partial charge in [0.1, 0.15) is 11.6 Å². The molecule has 0 aliphatic heterocycles. The van der Waals surface area contributed by atoms with Crippen LogP contribution in [-0.2, 0) is 0 Å². The molecule has 9 heteroatoms. The third kappa shape index (κ3) is 4.51. The predicted octanol–water partition coefficient (Wildman–Crippen LogP) is 5.11. The van der Waals surface area contributed by atoms with Crippen LogP contribution in [0.2, 0.25) is 5.02 Å². The van der Waals surface area contributed by atoms with Crippen molar-refractivity contribution in [3.8, 4) is 17.1 Å². The number of nitrogens with one attached hydrogen (secondary N) is 1. The first-order valence-corrected chi connectivity index (χ1v) is 10.4. The lowest BCUT2D eigenvalue weighted by Gasteiger charge is -2.10. The maximum absolute atomic E-state index is 12.3. The Bertz CT molecular complexity index is 1450. The van der Waals surface area contributed by atoms with E-state index in [4.69, 9.17) is 16.3 Å². The fourth-order valence-electron chi connectivity index (χ4n) is 3.23. The molecular weight excluding hydrogens is 440 g/mol. The predicted molar refractivity (Wildman–Crippen MR) is 125 cm³/mol. The molecule has 1 N–H and O–H groups in total. The van der Waals surface area contributed by atoms with Gasteiger partial charge in [-0.3, -0.25) is 4.98 Å². The molecule has 5 aromatic rings. The maximum atomic E-state index is 12.3. The Balaban J connectivity index is 1.37. The number of benzene rings is 2. The Kier molecular flexibility index (Phi) is 5.42. The van der Waals surface area contributed by atoms with Crippen LogP contribution in [0.1, 0.15) is 16.1 Å². The Morgan fingerprint density at radius 3 is 2.64 bits per heavy atom. The summed E-state index contributed by atoms with van der Waals surface area (Å²) in [5.41, 5.74) is 2.76. The highest BCUT2D eigenvalue weighted by molar-refractivity contribution is 6.30. The lowest BCUT2D eigenvalue weighted by molar-refractivity contribution is 0.0735. The number of anilines is 2. The van der Waals surface area contributed by atoms with Gasteiger partial charge < -0.3 is 10.1 Å². The van der Waals surface area contributed by atoms with E-state index in [0.29, 0.717) is 33.8 Å². The minimum Gasteiger partial charge on any atom is -0.423 e. The Labute approximate surface area is 193 Å². The van der Waals surface area contributed by atoms with Gasteiger partial charge in [0, 0.05) is 40.4 Å². The van der Waals surface area contributed by atoms with Crippen molar-refractivity contribution in [2.45, 2.75) is 6.92 Å². The number of nitrogens with zero attached hydrogens (tertiary/aromatic N) is 5. The Hall–Kier alpha value is -4.30. The van der Waals surface area contributed by atoms with Gasteiger partial charge in [-0.15, -0.1) is 5.10 Å². The molecule has 0 amide bonds. The molecule has 0 fully saturated rings. The molecule has 2 aromatic carbocycles. The van der Waals surface area contributed by atoms with Crippen molar-refractivity contribution in [3.63, 3.8) is 0 Å². The van der Waals surface area contributed by atoms with Crippen molar-refractivity contribution in [1.82, 2.24) is 24.6 Å². The fraction of sp³-hybridized carbons (Fsp3) is 0.0417. The second-order valence-electron chi connectivity index (χ2n) is 7.22. The molecule has 162 valence electrons. The minimum atomic E-state index is -0.477. The molecule has 0 atom stereocenters. The number of carbonyl (C=O) groups excluding carboxylic acids is 1. The van der Waals surface area contributed by atoms with Crippen molar-refractivity contribution < 1.29 is 9.53 Å². The van der Waals surface area contributed by atoms with Crippen molar-refractivity contribution in [1.29, 1.82) is 0 Å². The lowest BCUT2D eigenvalue weighted by atomic mass is 10.2. The molecule has 0 aliphatic carbocycles. The summed E-state index contributed by atoms with van der Waals surface area (Å²) in [5.74, 6) is 1.65. The molecule has 0 saturated carbocycles. The van der Waals surface area contributed by atoms with Crippen LogP contribution >= 0.6 is 11.6 Å². The first kappa shape index (κ1) is 20.6. The van der Waals surface area contributed by atoms with Gasteiger partial charge in [-0.1, -0.05) is 17.7 Å². The summed E-state index contributed by atoms with van der Waals surface area (Å²) >= 11 is 5.94. The highest BCUT2D eigenvalue weighted by Gasteiger charge is 2.13. The van der Waals surface area contributed by atoms with Gasteiger partial charge in [-0.05, 0) is 61.5 Å². The largest absolute Gasteiger partial charge is 0.423 e. The summed E-state index contributed by atoms with van der Waals surface area (Å²) in [6.45, 7) is 1.89. The van der Waals surface area contributed by atoms with Gasteiger partial charge in [0.25, 0.3) is 5.78 Å². The first-order valence-electron chi connectivity index (χ1n) is 10.0. The van der Waals surface area contributed by atoms with E-state index >= 15 is 0 Å². The number of halogens is 1. The van der Waals surface area contributed by atoms with Gasteiger partial charge in [0.05, 0.1) is 5.56 Å². The van der Waals surface area contributed by atoms with E-state index in [1.54, 1.807) is 65.4 Å². The standard InChI is InChI=1S/C24H17ClN6O2/c1-15-12-21(31-24(27-15)29-22(30-31)17-5-3-11-26-14-17)28-19-7-9-20(10-8-19)33-23(32)16-4-2-6-18(25)13-16/h2-14,28H,1H3. The summed E-state index contributed by atoms with van der Waals surface area (Å²) in [6, 6.07) is 19.2. The number of aromatic nitrogens is 5. The van der Waals surface area contributed by atoms with Gasteiger partial charge in [0.15, 0.2) is 5.82 Å². The van der Waals surface area contributed by atoms with Crippen LogP contribution in [-0.4, -0.2) is 30.5 Å². The molecule has 3 aromatic heterocycles. The van der Waals surface area contributed by atoms with E-state index in [9.17, 15) is 4.79 Å². The van der Waals surface area contributed by atoms with E-state index in [1.807, 2.05) is 25.1 Å². The molecule has 0 bridgehead atoms. The number of ether oxygens (including phenoxy) is 1. The summed E-state index contributed by atoms with van der Waals surface area (Å²) in [7, 11) is 0. The molecule has 33 heavy (non-hydrogen) atoms. The van der Waals surface area contributed by atoms with Crippen molar-refractivity contribution in [2.24, 2.45) is 0 Å². The fourth-order valence-corrected chi connectivity index (χ4v) is 3.42. The second-order valence-corrected chi connectivity index (χ2v) is 7.66. The van der Waals surface area contributed by atoms with E-state index in [-0.39, 0.29) is 0 Å². The maximum Gasteiger partial charge on any atom is 0.343 e. The van der Waals surface area contributed by atoms with Crippen molar-refractivity contribution in [3.05, 3.63) is 95.4 Å². The topological polar surface area (TPSA) is 94.3 Å². The number of hydrogen-bond donors (Lipinski definition) is 1. The van der Waals surface area contributed by atoms with Crippen molar-refractivity contribution in [2.75, 3.05) is 5.32 Å². The molecule has 0 unspecified atom stereocenters. The average molecular weight is 457 g/mol. The molecule has 0 spiro atoms. The molecule has 5 rings (SSSR count). The number of aryl methyl sites for hydroxylation is 1. The molecule has 3 heterocycles. The van der Waals surface area contributed by atoms with Gasteiger partial charge in [-0.2, -0.15) is 9.50 Å². The van der Waals surface area contributed by atoms with Crippen LogP contribution in [0.25, 0.3) is 17.2 Å². The average Bonchev–Trinajstić information content (AvgIpc) is 3.25. The molecule has 8 nitrogen and oxygen atoms in total. The zero-order valence-electron chi connectivity index (χ0n) is 17.4. The molecule has 0 saturated heterocycles. The summed E-state index contributed by atoms with van der Waals surface area (Å²) in [4.78, 5) is 25.4. The van der Waals surface area contributed by atoms with Gasteiger partial charge >= 0.3 is 5.97 Å². The van der Waals surface area contributed by atoms with E-state index in [2.05, 4.69) is 25.4 Å². The zero-order chi connectivity index (χ0) is 22.8. The van der Waals surface area contributed by atoms with Gasteiger partial charge in [-0.25, -0.2) is 9.78 Å². The quantitative estimate of drug-likeness (QED) is 0.290. The van der Waals surface area contributed by atoms with Crippen LogP contribution in [0.15, 0.2) is 79.1 Å². The van der Waals surface area contributed by atoms with E-state index < -0.39 is 5.97 Å². The van der Waals surface area contributed by atoms with E-state index in [1.165, 1.54) is 0 Å². The molecule has 0 radical (unpaired) electrons. The number of pyridine rings is 1. The van der Waals surface area contributed by atoms with Crippen LogP contribution < -0.4 is 10.1 Å². The lowest BCUT2D eigenvalue weighted by Crippen LogP contribution is -2.08. The summed E-state index contributed by atoms with van der Waals surface area (Å²) in [5, 5.41) is 8.37. The monoisotopic (exact) mass is 456 g/mol. The Morgan fingerprint density at radius 2 is 1.88 bits per heavy atom. The van der Waals surface area contributed by atoms with Crippen LogP contribution in [0.5, 0.6) is 5.75 Å². The SMILES string of the molecule is Cc1cc(Nc2ccc(OC(=O)c3cccc(Cl)c3)cc2)n2nc(-c3cccnc3)nc2n1. The van der Waals surface area contributed by atoms with E-state index in [0.717, 1.165) is 16.9 Å². The molecular formula is C24H17ClN6O2. The first-order chi connectivity index (χ1) is 16.0. The zero-order valence-corrected chi connectivity index (χ0v) is 18.2. The second kappa shape index (κ2) is 8.68. The van der Waals surface area contributed by atoms with Crippen LogP contribution in [0, 0.1) is 6.92 Å². The van der Waals surface area contributed by atoms with Crippen LogP contribution in [0.4, 0.5) is 11.5 Å². The summed E-state index contributed by atoms with van der Waals surface area (Å²) in [6.07, 6.45) is 3.41. The molecule has 0 aliphatic rings. The highest BCUT2D eigenvalue weighted by Crippen LogP contribution is 2.23. The number of hydrogen-bond acceptors (Lipinski definition) is 7. The van der Waals surface area contributed by atoms with Crippen molar-refractivity contribution >= 4 is 34.9 Å². The number of rotatable bonds is 5. The van der Waals surface area contributed by atoms with Crippen LogP contribution in [0.3, 0.4) is 0 Å². The highest BCUT2D eigenvalue weighted by atomic mass is 35.5. The Morgan fingerprint density at radius 1 is 1.03 bits per heavy atom. The van der Waals surface area contributed by atoms with Gasteiger partial charge in [0.2, 0.25) is 0 Å². The normalized spacial score (nSPS) is 10.8. The smallest absolute Gasteiger partial charge is 0.343 e. The summed E-state index contributed by atoms with van der Waals surface area (Å²) < 4.78 is 7.07. The minimum absolute atomic E-state index is 0.384. The third-order valence-electron chi connectivity index (χ3n) is 4.76. The number of esters is 1.